The van der Waals surface area contributed by atoms with E-state index in [-0.39, 0.29) is 25.7 Å². The van der Waals surface area contributed by atoms with E-state index >= 15 is 0 Å². The van der Waals surface area contributed by atoms with E-state index in [1.54, 1.807) is 0 Å². The Labute approximate surface area is 593 Å². The Morgan fingerprint density at radius 1 is 0.357 bits per heavy atom. The van der Waals surface area contributed by atoms with Crippen LogP contribution in [0.5, 0.6) is 0 Å². The van der Waals surface area contributed by atoms with E-state index in [0.29, 0.717) is 39.5 Å². The van der Waals surface area contributed by atoms with Crippen molar-refractivity contribution in [1.82, 2.24) is 5.32 Å². The first-order valence-electron chi connectivity index (χ1n) is 39.0. The predicted molar refractivity (Wildman–Crippen MR) is 401 cm³/mol. The average molecular weight is 1340 g/mol. The summed E-state index contributed by atoms with van der Waals surface area (Å²) < 4.78 is 57.1. The second-order valence-electron chi connectivity index (χ2n) is 27.7. The SMILES string of the molecule is CCCCCCCCCCCCCCCCCCCCCC(=O)N[C@@H](CO[C@H]1O[C@H](COCc2ccccc2)[C@H](OCc2ccccc2)[C@H](OCc2ccccc2)[C@H]1OCc1ccccc1)[C@@H](OCc1ccccc1)[C@@H](CCCCCCCCCCCCCC)OCc1ccccc1. The molecule has 1 aliphatic rings. The molecule has 0 bridgehead atoms. The minimum Gasteiger partial charge on any atom is -0.374 e. The van der Waals surface area contributed by atoms with Crippen molar-refractivity contribution in [3.05, 3.63) is 215 Å². The van der Waals surface area contributed by atoms with Crippen molar-refractivity contribution >= 4 is 5.91 Å². The maximum atomic E-state index is 14.9. The van der Waals surface area contributed by atoms with E-state index in [2.05, 4.69) is 116 Å². The van der Waals surface area contributed by atoms with E-state index in [4.69, 9.17) is 37.9 Å². The van der Waals surface area contributed by atoms with Crippen molar-refractivity contribution in [2.45, 2.75) is 314 Å². The zero-order chi connectivity index (χ0) is 68.2. The average Bonchev–Trinajstić information content (AvgIpc) is 0.789. The minimum atomic E-state index is -1.00. The fourth-order valence-corrected chi connectivity index (χ4v) is 13.5. The molecule has 98 heavy (non-hydrogen) atoms. The fraction of sp³-hybridized carbons (Fsp3) is 0.580. The summed E-state index contributed by atoms with van der Waals surface area (Å²) in [6.07, 6.45) is 36.0. The molecule has 1 fully saturated rings. The summed E-state index contributed by atoms with van der Waals surface area (Å²) in [6, 6.07) is 60.9. The lowest BCUT2D eigenvalue weighted by Gasteiger charge is -2.46. The van der Waals surface area contributed by atoms with Crippen molar-refractivity contribution in [2.24, 2.45) is 0 Å². The Morgan fingerprint density at radius 3 is 1.08 bits per heavy atom. The van der Waals surface area contributed by atoms with Gasteiger partial charge in [-0.3, -0.25) is 4.79 Å². The third-order valence-corrected chi connectivity index (χ3v) is 19.3. The molecule has 0 aliphatic carbocycles. The highest BCUT2D eigenvalue weighted by Gasteiger charge is 2.50. The first kappa shape index (κ1) is 79.8. The van der Waals surface area contributed by atoms with Gasteiger partial charge in [-0.2, -0.15) is 0 Å². The highest BCUT2D eigenvalue weighted by molar-refractivity contribution is 5.76. The molecule has 8 atom stereocenters. The van der Waals surface area contributed by atoms with Crippen LogP contribution in [0.15, 0.2) is 182 Å². The normalized spacial score (nSPS) is 17.2. The second kappa shape index (κ2) is 52.5. The molecule has 0 radical (unpaired) electrons. The molecule has 0 unspecified atom stereocenters. The molecule has 538 valence electrons. The van der Waals surface area contributed by atoms with Gasteiger partial charge in [0.25, 0.3) is 0 Å². The molecule has 7 rings (SSSR count). The number of unbranched alkanes of at least 4 members (excludes halogenated alkanes) is 29. The zero-order valence-electron chi connectivity index (χ0n) is 60.6. The largest absolute Gasteiger partial charge is 0.374 e. The molecule has 1 aliphatic heterocycles. The third-order valence-electron chi connectivity index (χ3n) is 19.3. The van der Waals surface area contributed by atoms with Gasteiger partial charge < -0.3 is 43.2 Å². The van der Waals surface area contributed by atoms with Gasteiger partial charge in [0, 0.05) is 6.42 Å². The predicted octanol–water partition coefficient (Wildman–Crippen LogP) is 22.3. The molecular formula is C88H127NO9. The van der Waals surface area contributed by atoms with Crippen molar-refractivity contribution in [3.8, 4) is 0 Å². The van der Waals surface area contributed by atoms with Gasteiger partial charge in [-0.25, -0.2) is 0 Å². The molecule has 1 N–H and O–H groups in total. The zero-order valence-corrected chi connectivity index (χ0v) is 60.6. The number of carbonyl (C=O) groups is 1. The summed E-state index contributed by atoms with van der Waals surface area (Å²) in [7, 11) is 0. The molecule has 1 heterocycles. The van der Waals surface area contributed by atoms with E-state index < -0.39 is 49.0 Å². The Morgan fingerprint density at radius 2 is 0.684 bits per heavy atom. The van der Waals surface area contributed by atoms with Crippen LogP contribution < -0.4 is 5.32 Å². The van der Waals surface area contributed by atoms with E-state index in [1.807, 2.05) is 84.9 Å². The van der Waals surface area contributed by atoms with E-state index in [0.717, 1.165) is 71.9 Å². The summed E-state index contributed by atoms with van der Waals surface area (Å²) in [5.74, 6) is -0.0295. The van der Waals surface area contributed by atoms with Crippen molar-refractivity contribution in [3.63, 3.8) is 0 Å². The first-order chi connectivity index (χ1) is 48.6. The summed E-state index contributed by atoms with van der Waals surface area (Å²) in [5.41, 5.74) is 6.19. The minimum absolute atomic E-state index is 0.0295. The standard InChI is InChI=1S/C88H127NO9/c1-3-5-7-9-11-13-15-17-18-19-20-21-22-23-25-27-29-31-51-65-83(90)89-80(84(93-68-76-56-42-34-43-57-76)81(92-67-75-54-40-33-41-55-75)64-50-30-28-26-24-16-14-12-10-8-6-4-2)72-97-88-87(96-71-79-62-48-37-49-63-79)86(95-70-78-60-46-36-47-61-78)85(94-69-77-58-44-35-45-59-77)82(98-88)73-91-66-74-52-38-32-39-53-74/h32-49,52-63,80-82,84-88H,3-31,50-51,64-73H2,1-2H3,(H,89,90)/t80-,81+,82+,84+,85-,86-,87+,88-/m0/s1. The van der Waals surface area contributed by atoms with Crippen LogP contribution >= 0.6 is 0 Å². The highest BCUT2D eigenvalue weighted by atomic mass is 16.7. The lowest BCUT2D eigenvalue weighted by Crippen LogP contribution is -2.62. The summed E-state index contributed by atoms with van der Waals surface area (Å²) in [5, 5.41) is 3.57. The lowest BCUT2D eigenvalue weighted by molar-refractivity contribution is -0.330. The van der Waals surface area contributed by atoms with Gasteiger partial charge in [-0.05, 0) is 46.2 Å². The van der Waals surface area contributed by atoms with Crippen LogP contribution in [0.1, 0.15) is 259 Å². The van der Waals surface area contributed by atoms with Crippen LogP contribution in [0, 0.1) is 0 Å². The smallest absolute Gasteiger partial charge is 0.220 e. The molecule has 1 amide bonds. The molecule has 0 aromatic heterocycles. The fourth-order valence-electron chi connectivity index (χ4n) is 13.5. The monoisotopic (exact) mass is 1340 g/mol. The second-order valence-corrected chi connectivity index (χ2v) is 27.7. The number of hydrogen-bond donors (Lipinski definition) is 1. The van der Waals surface area contributed by atoms with Gasteiger partial charge in [0.05, 0.1) is 65.0 Å². The van der Waals surface area contributed by atoms with Crippen LogP contribution in [0.3, 0.4) is 0 Å². The molecule has 1 saturated heterocycles. The summed E-state index contributed by atoms with van der Waals surface area (Å²) in [4.78, 5) is 14.9. The number of nitrogens with one attached hydrogen (secondary N) is 1. The Balaban J connectivity index is 1.13. The summed E-state index contributed by atoms with van der Waals surface area (Å²) in [6.45, 7) is 6.74. The molecule has 10 heteroatoms. The van der Waals surface area contributed by atoms with Crippen LogP contribution in [0.25, 0.3) is 0 Å². The number of benzene rings is 6. The topological polar surface area (TPSA) is 103 Å². The quantitative estimate of drug-likeness (QED) is 0.0374. The molecular weight excluding hydrogens is 1210 g/mol. The van der Waals surface area contributed by atoms with Gasteiger partial charge in [0.2, 0.25) is 5.91 Å². The number of ether oxygens (including phenoxy) is 8. The van der Waals surface area contributed by atoms with Gasteiger partial charge in [-0.15, -0.1) is 0 Å². The van der Waals surface area contributed by atoms with Gasteiger partial charge in [0.1, 0.15) is 30.5 Å². The number of rotatable bonds is 58. The van der Waals surface area contributed by atoms with Gasteiger partial charge >= 0.3 is 0 Å². The summed E-state index contributed by atoms with van der Waals surface area (Å²) >= 11 is 0. The maximum Gasteiger partial charge on any atom is 0.220 e. The van der Waals surface area contributed by atoms with Crippen LogP contribution in [0.2, 0.25) is 0 Å². The third kappa shape index (κ3) is 34.2. The molecule has 6 aromatic rings. The Hall–Kier alpha value is -5.53. The van der Waals surface area contributed by atoms with Gasteiger partial charge in [-0.1, -0.05) is 388 Å². The van der Waals surface area contributed by atoms with E-state index in [1.165, 1.54) is 167 Å². The number of amides is 1. The first-order valence-corrected chi connectivity index (χ1v) is 39.0. The van der Waals surface area contributed by atoms with Crippen molar-refractivity contribution < 1.29 is 42.7 Å². The van der Waals surface area contributed by atoms with E-state index in [9.17, 15) is 4.79 Å². The van der Waals surface area contributed by atoms with Crippen LogP contribution in [0.4, 0.5) is 0 Å². The lowest BCUT2D eigenvalue weighted by atomic mass is 9.97. The Bertz CT molecular complexity index is 2800. The molecule has 0 saturated carbocycles. The molecule has 0 spiro atoms. The highest BCUT2D eigenvalue weighted by Crippen LogP contribution is 2.33. The number of carbonyl (C=O) groups excluding carboxylic acids is 1. The van der Waals surface area contributed by atoms with Crippen LogP contribution in [-0.4, -0.2) is 68.1 Å². The molecule has 10 nitrogen and oxygen atoms in total. The van der Waals surface area contributed by atoms with Crippen molar-refractivity contribution in [1.29, 1.82) is 0 Å². The van der Waals surface area contributed by atoms with Gasteiger partial charge in [0.15, 0.2) is 6.29 Å². The van der Waals surface area contributed by atoms with Crippen LogP contribution in [-0.2, 0) is 82.3 Å². The number of hydrogen-bond acceptors (Lipinski definition) is 9. The maximum absolute atomic E-state index is 14.9. The molecule has 6 aromatic carbocycles. The van der Waals surface area contributed by atoms with Crippen molar-refractivity contribution in [2.75, 3.05) is 13.2 Å². The Kier molecular flexibility index (Phi) is 42.7.